The molecular weight excluding hydrogens is 176 g/mol. The van der Waals surface area contributed by atoms with Gasteiger partial charge in [0.1, 0.15) is 5.82 Å². The Labute approximate surface area is 83.7 Å². The molecule has 4 heteroatoms. The lowest BCUT2D eigenvalue weighted by atomic mass is 9.82. The van der Waals surface area contributed by atoms with E-state index in [1.807, 2.05) is 6.07 Å². The molecule has 1 aromatic rings. The molecule has 1 saturated carbocycles. The topological polar surface area (TPSA) is 77.8 Å². The summed E-state index contributed by atoms with van der Waals surface area (Å²) < 4.78 is 0. The van der Waals surface area contributed by atoms with E-state index in [4.69, 9.17) is 11.5 Å². The molecule has 1 aromatic heterocycles. The van der Waals surface area contributed by atoms with E-state index >= 15 is 0 Å². The zero-order chi connectivity index (χ0) is 9.97. The second kappa shape index (κ2) is 4.02. The van der Waals surface area contributed by atoms with Gasteiger partial charge in [0.15, 0.2) is 0 Å². The van der Waals surface area contributed by atoms with Gasteiger partial charge >= 0.3 is 0 Å². The Hall–Kier alpha value is -1.00. The highest BCUT2D eigenvalue weighted by molar-refractivity contribution is 5.04. The third-order valence-electron chi connectivity index (χ3n) is 2.86. The summed E-state index contributed by atoms with van der Waals surface area (Å²) in [7, 11) is 0. The molecule has 76 valence electrons. The summed E-state index contributed by atoms with van der Waals surface area (Å²) in [6.07, 6.45) is 6.42. The molecule has 1 fully saturated rings. The summed E-state index contributed by atoms with van der Waals surface area (Å²) in [6, 6.07) is 2.23. The number of nitrogens with two attached hydrogens (primary N) is 2. The normalized spacial score (nSPS) is 32.9. The minimum atomic E-state index is 0.164. The predicted octanol–water partition coefficient (Wildman–Crippen LogP) is 0.399. The number of hydrogen-bond acceptors (Lipinski definition) is 4. The van der Waals surface area contributed by atoms with Gasteiger partial charge in [-0.1, -0.05) is 0 Å². The fourth-order valence-electron chi connectivity index (χ4n) is 2.03. The van der Waals surface area contributed by atoms with E-state index in [-0.39, 0.29) is 18.0 Å². The summed E-state index contributed by atoms with van der Waals surface area (Å²) in [5.41, 5.74) is 12.0. The number of nitrogens with zero attached hydrogens (tertiary/aromatic N) is 2. The minimum Gasteiger partial charge on any atom is -0.328 e. The fraction of sp³-hybridized carbons (Fsp3) is 0.600. The molecule has 0 aromatic carbocycles. The first-order valence-electron chi connectivity index (χ1n) is 5.05. The molecule has 14 heavy (non-hydrogen) atoms. The summed E-state index contributed by atoms with van der Waals surface area (Å²) >= 11 is 0. The molecule has 0 saturated heterocycles. The molecule has 0 bridgehead atoms. The molecule has 4 N–H and O–H groups in total. The van der Waals surface area contributed by atoms with Gasteiger partial charge < -0.3 is 11.5 Å². The lowest BCUT2D eigenvalue weighted by Gasteiger charge is -2.31. The van der Waals surface area contributed by atoms with Crippen LogP contribution >= 0.6 is 0 Å². The molecule has 0 spiro atoms. The van der Waals surface area contributed by atoms with Crippen LogP contribution in [0.5, 0.6) is 0 Å². The molecule has 3 unspecified atom stereocenters. The Bertz CT molecular complexity index is 287. The second-order valence-corrected chi connectivity index (χ2v) is 3.95. The SMILES string of the molecule is NC1CCC(N)C(c2ncccn2)C1. The zero-order valence-corrected chi connectivity index (χ0v) is 8.13. The van der Waals surface area contributed by atoms with Crippen LogP contribution in [-0.4, -0.2) is 22.1 Å². The second-order valence-electron chi connectivity index (χ2n) is 3.95. The van der Waals surface area contributed by atoms with E-state index < -0.39 is 0 Å². The molecule has 1 aliphatic rings. The molecule has 2 rings (SSSR count). The van der Waals surface area contributed by atoms with Crippen molar-refractivity contribution in [3.05, 3.63) is 24.3 Å². The standard InChI is InChI=1S/C10H16N4/c11-7-2-3-9(12)8(6-7)10-13-4-1-5-14-10/h1,4-5,7-9H,2-3,6,11-12H2. The summed E-state index contributed by atoms with van der Waals surface area (Å²) in [5.74, 6) is 1.08. The van der Waals surface area contributed by atoms with Crippen molar-refractivity contribution in [2.45, 2.75) is 37.3 Å². The first-order chi connectivity index (χ1) is 6.77. The van der Waals surface area contributed by atoms with E-state index in [1.54, 1.807) is 12.4 Å². The maximum Gasteiger partial charge on any atom is 0.132 e. The average Bonchev–Trinajstić information content (AvgIpc) is 2.23. The van der Waals surface area contributed by atoms with Crippen molar-refractivity contribution in [2.75, 3.05) is 0 Å². The summed E-state index contributed by atoms with van der Waals surface area (Å²) in [6.45, 7) is 0. The average molecular weight is 192 g/mol. The van der Waals surface area contributed by atoms with Gasteiger partial charge in [-0.05, 0) is 25.3 Å². The third kappa shape index (κ3) is 1.91. The van der Waals surface area contributed by atoms with E-state index in [2.05, 4.69) is 9.97 Å². The van der Waals surface area contributed by atoms with E-state index in [9.17, 15) is 0 Å². The molecule has 0 amide bonds. The quantitative estimate of drug-likeness (QED) is 0.675. The van der Waals surface area contributed by atoms with Gasteiger partial charge in [-0.3, -0.25) is 0 Å². The number of rotatable bonds is 1. The smallest absolute Gasteiger partial charge is 0.132 e. The van der Waals surface area contributed by atoms with Gasteiger partial charge in [0.2, 0.25) is 0 Å². The molecule has 1 heterocycles. The van der Waals surface area contributed by atoms with Crippen LogP contribution in [0.15, 0.2) is 18.5 Å². The van der Waals surface area contributed by atoms with Crippen molar-refractivity contribution in [2.24, 2.45) is 11.5 Å². The lowest BCUT2D eigenvalue weighted by Crippen LogP contribution is -2.40. The highest BCUT2D eigenvalue weighted by atomic mass is 14.9. The highest BCUT2D eigenvalue weighted by Gasteiger charge is 2.29. The highest BCUT2D eigenvalue weighted by Crippen LogP contribution is 2.28. The van der Waals surface area contributed by atoms with Crippen LogP contribution in [0.4, 0.5) is 0 Å². The van der Waals surface area contributed by atoms with Crippen LogP contribution in [0.3, 0.4) is 0 Å². The van der Waals surface area contributed by atoms with Crippen LogP contribution in [0.25, 0.3) is 0 Å². The third-order valence-corrected chi connectivity index (χ3v) is 2.86. The first-order valence-corrected chi connectivity index (χ1v) is 5.05. The van der Waals surface area contributed by atoms with Crippen molar-refractivity contribution in [1.82, 2.24) is 9.97 Å². The number of aromatic nitrogens is 2. The molecule has 0 aliphatic heterocycles. The maximum atomic E-state index is 6.04. The van der Waals surface area contributed by atoms with Crippen LogP contribution in [0.1, 0.15) is 31.0 Å². The van der Waals surface area contributed by atoms with Crippen LogP contribution in [0.2, 0.25) is 0 Å². The lowest BCUT2D eigenvalue weighted by molar-refractivity contribution is 0.337. The van der Waals surface area contributed by atoms with Crippen LogP contribution in [-0.2, 0) is 0 Å². The first kappa shape index (κ1) is 9.55. The molecule has 0 radical (unpaired) electrons. The van der Waals surface area contributed by atoms with Crippen molar-refractivity contribution in [3.8, 4) is 0 Å². The van der Waals surface area contributed by atoms with Crippen molar-refractivity contribution >= 4 is 0 Å². The van der Waals surface area contributed by atoms with Gasteiger partial charge in [0, 0.05) is 30.4 Å². The van der Waals surface area contributed by atoms with E-state index in [1.165, 1.54) is 0 Å². The van der Waals surface area contributed by atoms with Crippen LogP contribution in [0, 0.1) is 0 Å². The van der Waals surface area contributed by atoms with Gasteiger partial charge in [-0.2, -0.15) is 0 Å². The Morgan fingerprint density at radius 3 is 2.57 bits per heavy atom. The molecular formula is C10H16N4. The zero-order valence-electron chi connectivity index (χ0n) is 8.13. The van der Waals surface area contributed by atoms with Crippen molar-refractivity contribution in [3.63, 3.8) is 0 Å². The van der Waals surface area contributed by atoms with Crippen molar-refractivity contribution < 1.29 is 0 Å². The Balaban J connectivity index is 2.16. The Morgan fingerprint density at radius 1 is 1.14 bits per heavy atom. The summed E-state index contributed by atoms with van der Waals surface area (Å²) in [4.78, 5) is 8.48. The molecule has 3 atom stereocenters. The van der Waals surface area contributed by atoms with Gasteiger partial charge in [0.05, 0.1) is 0 Å². The fourth-order valence-corrected chi connectivity index (χ4v) is 2.03. The largest absolute Gasteiger partial charge is 0.328 e. The van der Waals surface area contributed by atoms with Gasteiger partial charge in [-0.15, -0.1) is 0 Å². The van der Waals surface area contributed by atoms with E-state index in [0.29, 0.717) is 0 Å². The Morgan fingerprint density at radius 2 is 1.86 bits per heavy atom. The van der Waals surface area contributed by atoms with Gasteiger partial charge in [-0.25, -0.2) is 9.97 Å². The molecule has 1 aliphatic carbocycles. The predicted molar refractivity (Wildman–Crippen MR) is 54.6 cm³/mol. The van der Waals surface area contributed by atoms with Gasteiger partial charge in [0.25, 0.3) is 0 Å². The van der Waals surface area contributed by atoms with Crippen molar-refractivity contribution in [1.29, 1.82) is 0 Å². The maximum absolute atomic E-state index is 6.04. The number of hydrogen-bond donors (Lipinski definition) is 2. The molecule has 4 nitrogen and oxygen atoms in total. The van der Waals surface area contributed by atoms with E-state index in [0.717, 1.165) is 25.1 Å². The van der Waals surface area contributed by atoms with Crippen LogP contribution < -0.4 is 11.5 Å². The summed E-state index contributed by atoms with van der Waals surface area (Å²) in [5, 5.41) is 0. The monoisotopic (exact) mass is 192 g/mol. The minimum absolute atomic E-state index is 0.164. The Kier molecular flexibility index (Phi) is 2.74.